The van der Waals surface area contributed by atoms with Gasteiger partial charge in [0, 0.05) is 61.9 Å². The molecule has 1 aliphatic rings. The predicted molar refractivity (Wildman–Crippen MR) is 116 cm³/mol. The van der Waals surface area contributed by atoms with Crippen molar-refractivity contribution < 1.29 is 9.59 Å². The predicted octanol–water partition coefficient (Wildman–Crippen LogP) is 3.36. The summed E-state index contributed by atoms with van der Waals surface area (Å²) in [6.45, 7) is 12.7. The number of amides is 2. The molecular weight excluding hydrogens is 364 g/mol. The van der Waals surface area contributed by atoms with Crippen LogP contribution in [0.2, 0.25) is 0 Å². The lowest BCUT2D eigenvalue weighted by Gasteiger charge is -2.36. The number of hydrogen-bond acceptors (Lipinski definition) is 3. The standard InChI is InChI=1S/C23H32N4O2/c1-5-25(6-2)23(29)26-14-12-24(13-15-26)17-22(28)21-16-18(3)27(19(21)4)20-10-8-7-9-11-20/h7-11,16H,5-6,12-15,17H2,1-4H3. The smallest absolute Gasteiger partial charge is 0.320 e. The molecule has 1 fully saturated rings. The van der Waals surface area contributed by atoms with E-state index in [1.54, 1.807) is 0 Å². The molecule has 1 saturated heterocycles. The van der Waals surface area contributed by atoms with Crippen molar-refractivity contribution >= 4 is 11.8 Å². The molecule has 156 valence electrons. The normalized spacial score (nSPS) is 14.8. The number of hydrogen-bond donors (Lipinski definition) is 0. The van der Waals surface area contributed by atoms with Crippen molar-refractivity contribution in [1.29, 1.82) is 0 Å². The zero-order valence-corrected chi connectivity index (χ0v) is 18.0. The fraction of sp³-hybridized carbons (Fsp3) is 0.478. The molecule has 1 aromatic heterocycles. The lowest BCUT2D eigenvalue weighted by Crippen LogP contribution is -2.53. The van der Waals surface area contributed by atoms with E-state index in [0.29, 0.717) is 19.6 Å². The van der Waals surface area contributed by atoms with Crippen LogP contribution in [0.25, 0.3) is 5.69 Å². The number of Topliss-reactive ketones (excluding diaryl/α,β-unsaturated/α-hetero) is 1. The molecule has 0 N–H and O–H groups in total. The second kappa shape index (κ2) is 9.27. The number of piperazine rings is 1. The Bertz CT molecular complexity index is 847. The number of para-hydroxylation sites is 1. The van der Waals surface area contributed by atoms with Crippen molar-refractivity contribution in [3.63, 3.8) is 0 Å². The molecule has 1 aromatic carbocycles. The Morgan fingerprint density at radius 3 is 2.17 bits per heavy atom. The van der Waals surface area contributed by atoms with Crippen LogP contribution in [0, 0.1) is 13.8 Å². The number of nitrogens with zero attached hydrogens (tertiary/aromatic N) is 4. The Hall–Kier alpha value is -2.60. The Morgan fingerprint density at radius 1 is 0.966 bits per heavy atom. The van der Waals surface area contributed by atoms with Crippen LogP contribution in [-0.2, 0) is 0 Å². The topological polar surface area (TPSA) is 48.8 Å². The quantitative estimate of drug-likeness (QED) is 0.704. The summed E-state index contributed by atoms with van der Waals surface area (Å²) in [5, 5.41) is 0. The van der Waals surface area contributed by atoms with Gasteiger partial charge in [0.1, 0.15) is 0 Å². The van der Waals surface area contributed by atoms with Crippen LogP contribution in [-0.4, -0.2) is 76.9 Å². The highest BCUT2D eigenvalue weighted by Gasteiger charge is 2.26. The first-order valence-corrected chi connectivity index (χ1v) is 10.5. The Morgan fingerprint density at radius 2 is 1.59 bits per heavy atom. The number of aryl methyl sites for hydroxylation is 1. The van der Waals surface area contributed by atoms with Crippen molar-refractivity contribution in [3.05, 3.63) is 53.3 Å². The number of rotatable bonds is 6. The van der Waals surface area contributed by atoms with E-state index in [4.69, 9.17) is 0 Å². The van der Waals surface area contributed by atoms with E-state index in [9.17, 15) is 9.59 Å². The van der Waals surface area contributed by atoms with Gasteiger partial charge in [-0.2, -0.15) is 0 Å². The van der Waals surface area contributed by atoms with E-state index < -0.39 is 0 Å². The monoisotopic (exact) mass is 396 g/mol. The summed E-state index contributed by atoms with van der Waals surface area (Å²) in [5.41, 5.74) is 3.90. The summed E-state index contributed by atoms with van der Waals surface area (Å²) < 4.78 is 2.13. The van der Waals surface area contributed by atoms with Crippen molar-refractivity contribution in [1.82, 2.24) is 19.3 Å². The molecule has 0 spiro atoms. The molecule has 6 nitrogen and oxygen atoms in total. The molecule has 0 aliphatic carbocycles. The maximum atomic E-state index is 13.0. The first kappa shape index (κ1) is 21.1. The van der Waals surface area contributed by atoms with Crippen LogP contribution in [0.5, 0.6) is 0 Å². The second-order valence-corrected chi connectivity index (χ2v) is 7.60. The minimum absolute atomic E-state index is 0.104. The third-order valence-corrected chi connectivity index (χ3v) is 5.79. The van der Waals surface area contributed by atoms with Crippen LogP contribution in [0.3, 0.4) is 0 Å². The average molecular weight is 397 g/mol. The lowest BCUT2D eigenvalue weighted by molar-refractivity contribution is 0.0853. The zero-order valence-electron chi connectivity index (χ0n) is 18.0. The molecule has 29 heavy (non-hydrogen) atoms. The highest BCUT2D eigenvalue weighted by atomic mass is 16.2. The summed E-state index contributed by atoms with van der Waals surface area (Å²) in [7, 11) is 0. The van der Waals surface area contributed by atoms with E-state index >= 15 is 0 Å². The molecule has 0 saturated carbocycles. The van der Waals surface area contributed by atoms with Gasteiger partial charge in [-0.15, -0.1) is 0 Å². The summed E-state index contributed by atoms with van der Waals surface area (Å²) in [4.78, 5) is 31.4. The van der Waals surface area contributed by atoms with Gasteiger partial charge in [0.05, 0.1) is 6.54 Å². The van der Waals surface area contributed by atoms with Crippen LogP contribution in [0.15, 0.2) is 36.4 Å². The SMILES string of the molecule is CCN(CC)C(=O)N1CCN(CC(=O)c2cc(C)n(-c3ccccc3)c2C)CC1. The number of benzene rings is 1. The van der Waals surface area contributed by atoms with Gasteiger partial charge in [-0.25, -0.2) is 4.79 Å². The summed E-state index contributed by atoms with van der Waals surface area (Å²) in [6.07, 6.45) is 0. The molecule has 2 heterocycles. The Kier molecular flexibility index (Phi) is 6.75. The number of aromatic nitrogens is 1. The molecule has 0 radical (unpaired) electrons. The molecule has 1 aliphatic heterocycles. The van der Waals surface area contributed by atoms with Gasteiger partial charge in [-0.3, -0.25) is 9.69 Å². The van der Waals surface area contributed by atoms with Gasteiger partial charge < -0.3 is 14.4 Å². The first-order valence-electron chi connectivity index (χ1n) is 10.5. The van der Waals surface area contributed by atoms with Gasteiger partial charge in [0.25, 0.3) is 0 Å². The number of carbonyl (C=O) groups is 2. The first-order chi connectivity index (χ1) is 14.0. The molecule has 0 unspecified atom stereocenters. The lowest BCUT2D eigenvalue weighted by atomic mass is 10.1. The molecule has 2 amide bonds. The average Bonchev–Trinajstić information content (AvgIpc) is 3.04. The van der Waals surface area contributed by atoms with E-state index in [0.717, 1.165) is 48.8 Å². The number of urea groups is 1. The summed E-state index contributed by atoms with van der Waals surface area (Å²) in [5.74, 6) is 0.142. The van der Waals surface area contributed by atoms with Crippen molar-refractivity contribution in [3.8, 4) is 5.69 Å². The molecular formula is C23H32N4O2. The fourth-order valence-electron chi connectivity index (χ4n) is 4.10. The Balaban J connectivity index is 1.63. The molecule has 0 atom stereocenters. The number of ketones is 1. The maximum absolute atomic E-state index is 13.0. The van der Waals surface area contributed by atoms with E-state index in [-0.39, 0.29) is 11.8 Å². The van der Waals surface area contributed by atoms with Gasteiger partial charge in [-0.1, -0.05) is 18.2 Å². The summed E-state index contributed by atoms with van der Waals surface area (Å²) in [6, 6.07) is 12.2. The van der Waals surface area contributed by atoms with E-state index in [1.807, 2.05) is 61.8 Å². The Labute approximate surface area is 173 Å². The summed E-state index contributed by atoms with van der Waals surface area (Å²) >= 11 is 0. The highest BCUT2D eigenvalue weighted by Crippen LogP contribution is 2.21. The van der Waals surface area contributed by atoms with Crippen molar-refractivity contribution in [2.75, 3.05) is 45.8 Å². The van der Waals surface area contributed by atoms with Crippen LogP contribution in [0.1, 0.15) is 35.6 Å². The molecule has 2 aromatic rings. The second-order valence-electron chi connectivity index (χ2n) is 7.60. The third-order valence-electron chi connectivity index (χ3n) is 5.79. The number of carbonyl (C=O) groups excluding carboxylic acids is 2. The minimum Gasteiger partial charge on any atom is -0.325 e. The van der Waals surface area contributed by atoms with Gasteiger partial charge in [0.15, 0.2) is 5.78 Å². The van der Waals surface area contributed by atoms with E-state index in [1.165, 1.54) is 0 Å². The highest BCUT2D eigenvalue weighted by molar-refractivity contribution is 5.99. The van der Waals surface area contributed by atoms with Gasteiger partial charge in [-0.05, 0) is 45.9 Å². The fourth-order valence-corrected chi connectivity index (χ4v) is 4.10. The molecule has 6 heteroatoms. The van der Waals surface area contributed by atoms with Crippen molar-refractivity contribution in [2.24, 2.45) is 0 Å². The maximum Gasteiger partial charge on any atom is 0.320 e. The zero-order chi connectivity index (χ0) is 21.0. The van der Waals surface area contributed by atoms with Gasteiger partial charge in [0.2, 0.25) is 0 Å². The minimum atomic E-state index is 0.104. The van der Waals surface area contributed by atoms with Crippen molar-refractivity contribution in [2.45, 2.75) is 27.7 Å². The largest absolute Gasteiger partial charge is 0.325 e. The third kappa shape index (κ3) is 4.53. The molecule has 0 bridgehead atoms. The van der Waals surface area contributed by atoms with Crippen LogP contribution < -0.4 is 0 Å². The van der Waals surface area contributed by atoms with Crippen LogP contribution in [0.4, 0.5) is 4.79 Å². The van der Waals surface area contributed by atoms with E-state index in [2.05, 4.69) is 21.6 Å². The van der Waals surface area contributed by atoms with Crippen LogP contribution >= 0.6 is 0 Å². The molecule has 3 rings (SSSR count). The van der Waals surface area contributed by atoms with Gasteiger partial charge >= 0.3 is 6.03 Å².